The van der Waals surface area contributed by atoms with Crippen molar-refractivity contribution in [1.82, 2.24) is 25.2 Å². The van der Waals surface area contributed by atoms with Crippen LogP contribution in [0.3, 0.4) is 0 Å². The van der Waals surface area contributed by atoms with Gasteiger partial charge in [-0.2, -0.15) is 0 Å². The molecule has 5 atom stereocenters. The van der Waals surface area contributed by atoms with Gasteiger partial charge in [-0.25, -0.2) is 17.8 Å². The van der Waals surface area contributed by atoms with Gasteiger partial charge in [-0.05, 0) is 61.1 Å². The zero-order valence-electron chi connectivity index (χ0n) is 33.8. The average Bonchev–Trinajstić information content (AvgIpc) is 4.16. The number of likely N-dealkylation sites (tertiary alicyclic amines) is 1. The first kappa shape index (κ1) is 42.1. The Morgan fingerprint density at radius 3 is 2.35 bits per heavy atom. The summed E-state index contributed by atoms with van der Waals surface area (Å²) in [5.74, 6) is -2.56. The molecule has 7 rings (SSSR count). The third-order valence-electron chi connectivity index (χ3n) is 11.0. The van der Waals surface area contributed by atoms with Crippen LogP contribution in [0.15, 0.2) is 91.5 Å². The first-order chi connectivity index (χ1) is 28.5. The number of rotatable bonds is 15. The topological polar surface area (TPSA) is 182 Å². The van der Waals surface area contributed by atoms with E-state index in [0.29, 0.717) is 40.9 Å². The summed E-state index contributed by atoms with van der Waals surface area (Å²) in [7, 11) is -2.39. The molecule has 2 heterocycles. The van der Waals surface area contributed by atoms with E-state index in [0.717, 1.165) is 5.56 Å². The first-order valence-corrected chi connectivity index (χ1v) is 21.3. The highest BCUT2D eigenvalue weighted by atomic mass is 32.2. The predicted molar refractivity (Wildman–Crippen MR) is 221 cm³/mol. The Kier molecular flexibility index (Phi) is 11.6. The molecule has 1 aliphatic heterocycles. The first-order valence-electron chi connectivity index (χ1n) is 19.7. The number of carbonyl (C=O) groups is 4. The second kappa shape index (κ2) is 16.6. The maximum Gasteiger partial charge on any atom is 0.259 e. The average molecular weight is 842 g/mol. The number of pyridine rings is 1. The lowest BCUT2D eigenvalue weighted by Gasteiger charge is -2.35. The molecule has 1 saturated heterocycles. The SMILES string of the molecule is C=C[C@@H]1CC1(NC(=O)C1C[C@@H](Oc2cc(-c3ccccc3)nc3cc(OC)ccc23)CN1C(=O)[C@@H](NC(=O)COc1ccc(F)cc1)C(C)(C)C)C(=O)NS(=O)(=O)C1CC1. The molecule has 14 nitrogen and oxygen atoms in total. The zero-order chi connectivity index (χ0) is 43.0. The number of hydrogen-bond donors (Lipinski definition) is 3. The molecule has 3 aliphatic rings. The van der Waals surface area contributed by atoms with Gasteiger partial charge in [-0.1, -0.05) is 57.2 Å². The van der Waals surface area contributed by atoms with Gasteiger partial charge in [0, 0.05) is 35.4 Å². The van der Waals surface area contributed by atoms with Gasteiger partial charge in [-0.15, -0.1) is 6.58 Å². The minimum atomic E-state index is -3.94. The van der Waals surface area contributed by atoms with Crippen molar-refractivity contribution in [2.75, 3.05) is 20.3 Å². The summed E-state index contributed by atoms with van der Waals surface area (Å²) in [5.41, 5.74) is -0.454. The Hall–Kier alpha value is -6.03. The van der Waals surface area contributed by atoms with E-state index in [9.17, 15) is 32.0 Å². The summed E-state index contributed by atoms with van der Waals surface area (Å²) in [6, 6.07) is 19.4. The molecular formula is C44H48FN5O9S. The van der Waals surface area contributed by atoms with Gasteiger partial charge >= 0.3 is 0 Å². The Morgan fingerprint density at radius 2 is 1.72 bits per heavy atom. The number of sulfonamides is 1. The van der Waals surface area contributed by atoms with Crippen LogP contribution >= 0.6 is 0 Å². The number of hydrogen-bond acceptors (Lipinski definition) is 10. The third-order valence-corrected chi connectivity index (χ3v) is 12.9. The smallest absolute Gasteiger partial charge is 0.259 e. The van der Waals surface area contributed by atoms with Gasteiger partial charge in [0.1, 0.15) is 46.8 Å². The molecule has 0 radical (unpaired) electrons. The predicted octanol–water partition coefficient (Wildman–Crippen LogP) is 4.68. The maximum absolute atomic E-state index is 14.8. The number of aromatic nitrogens is 1. The van der Waals surface area contributed by atoms with Crippen LogP contribution in [0.2, 0.25) is 0 Å². The highest BCUT2D eigenvalue weighted by molar-refractivity contribution is 7.91. The van der Waals surface area contributed by atoms with Crippen molar-refractivity contribution in [2.24, 2.45) is 11.3 Å². The number of amides is 4. The van der Waals surface area contributed by atoms with Gasteiger partial charge < -0.3 is 29.7 Å². The molecule has 4 amide bonds. The lowest BCUT2D eigenvalue weighted by molar-refractivity contribution is -0.144. The summed E-state index contributed by atoms with van der Waals surface area (Å²) in [6.45, 7) is 8.50. The van der Waals surface area contributed by atoms with Crippen molar-refractivity contribution < 1.29 is 46.2 Å². The van der Waals surface area contributed by atoms with E-state index in [1.165, 1.54) is 35.2 Å². The number of nitrogens with zero attached hydrogens (tertiary/aromatic N) is 2. The number of fused-ring (bicyclic) bond motifs is 1. The molecular weight excluding hydrogens is 794 g/mol. The number of carbonyl (C=O) groups excluding carboxylic acids is 4. The Morgan fingerprint density at radius 1 is 1.02 bits per heavy atom. The van der Waals surface area contributed by atoms with Crippen molar-refractivity contribution in [3.63, 3.8) is 0 Å². The normalized spacial score (nSPS) is 21.7. The van der Waals surface area contributed by atoms with Crippen LogP contribution < -0.4 is 29.6 Å². The van der Waals surface area contributed by atoms with Gasteiger partial charge in [-0.3, -0.25) is 23.9 Å². The number of ether oxygens (including phenoxy) is 3. The van der Waals surface area contributed by atoms with E-state index in [4.69, 9.17) is 19.2 Å². The highest BCUT2D eigenvalue weighted by Crippen LogP contribution is 2.46. The molecule has 2 aliphatic carbocycles. The van der Waals surface area contributed by atoms with Crippen molar-refractivity contribution in [3.8, 4) is 28.5 Å². The second-order valence-electron chi connectivity index (χ2n) is 16.5. The van der Waals surface area contributed by atoms with Gasteiger partial charge in [0.15, 0.2) is 6.61 Å². The van der Waals surface area contributed by atoms with Crippen LogP contribution in [0.25, 0.3) is 22.2 Å². The van der Waals surface area contributed by atoms with Gasteiger partial charge in [0.2, 0.25) is 21.8 Å². The fourth-order valence-corrected chi connectivity index (χ4v) is 8.79. The van der Waals surface area contributed by atoms with E-state index in [1.54, 1.807) is 46.1 Å². The molecule has 2 unspecified atom stereocenters. The Balaban J connectivity index is 1.19. The number of methoxy groups -OCH3 is 1. The minimum absolute atomic E-state index is 0.0203. The summed E-state index contributed by atoms with van der Waals surface area (Å²) in [4.78, 5) is 62.4. The largest absolute Gasteiger partial charge is 0.497 e. The highest BCUT2D eigenvalue weighted by Gasteiger charge is 2.62. The molecule has 2 saturated carbocycles. The quantitative estimate of drug-likeness (QED) is 0.142. The molecule has 316 valence electrons. The molecule has 1 aromatic heterocycles. The third kappa shape index (κ3) is 9.08. The molecule has 60 heavy (non-hydrogen) atoms. The molecule has 3 fully saturated rings. The monoisotopic (exact) mass is 841 g/mol. The van der Waals surface area contributed by atoms with Crippen molar-refractivity contribution in [2.45, 2.75) is 75.4 Å². The van der Waals surface area contributed by atoms with E-state index in [2.05, 4.69) is 21.9 Å². The fraction of sp³-hybridized carbons (Fsp3) is 0.386. The Labute approximate surface area is 347 Å². The van der Waals surface area contributed by atoms with Crippen molar-refractivity contribution >= 4 is 44.6 Å². The fourth-order valence-electron chi connectivity index (χ4n) is 7.43. The number of halogens is 1. The summed E-state index contributed by atoms with van der Waals surface area (Å²) in [5, 5.41) is 5.55. The molecule has 4 aromatic rings. The summed E-state index contributed by atoms with van der Waals surface area (Å²) in [6.07, 6.45) is 1.68. The Bertz CT molecular complexity index is 2420. The van der Waals surface area contributed by atoms with Crippen LogP contribution in [0.4, 0.5) is 4.39 Å². The molecule has 3 N–H and O–H groups in total. The summed E-state index contributed by atoms with van der Waals surface area (Å²) >= 11 is 0. The number of nitrogens with one attached hydrogen (secondary N) is 3. The van der Waals surface area contributed by atoms with Crippen LogP contribution in [-0.4, -0.2) is 91.2 Å². The second-order valence-corrected chi connectivity index (χ2v) is 18.5. The van der Waals surface area contributed by atoms with Crippen molar-refractivity contribution in [3.05, 3.63) is 97.3 Å². The molecule has 0 spiro atoms. The van der Waals surface area contributed by atoms with E-state index < -0.39 is 86.4 Å². The summed E-state index contributed by atoms with van der Waals surface area (Å²) < 4.78 is 58.9. The van der Waals surface area contributed by atoms with Crippen LogP contribution in [0.5, 0.6) is 17.2 Å². The van der Waals surface area contributed by atoms with Crippen molar-refractivity contribution in [1.29, 1.82) is 0 Å². The standard InChI is InChI=1S/C44H48FN5O9S/c1-6-27-23-44(27,42(54)49-60(55,56)32-17-18-32)48-40(52)36-21-31(59-37-22-34(26-10-8-7-9-11-26)46-35-20-30(57-5)16-19-33(35)37)24-50(36)41(53)39(43(2,3)4)47-38(51)25-58-29-14-12-28(45)13-15-29/h6-16,19-20,22,27,31-32,36,39H,1,17-18,21,23-25H2,2-5H3,(H,47,51)(H,48,52)(H,49,54)/t27-,31-,36?,39-,44?/m1/s1. The lowest BCUT2D eigenvalue weighted by Crippen LogP contribution is -2.60. The van der Waals surface area contributed by atoms with E-state index >= 15 is 0 Å². The minimum Gasteiger partial charge on any atom is -0.497 e. The van der Waals surface area contributed by atoms with E-state index in [1.807, 2.05) is 36.4 Å². The lowest BCUT2D eigenvalue weighted by atomic mass is 9.85. The maximum atomic E-state index is 14.8. The van der Waals surface area contributed by atoms with E-state index in [-0.39, 0.29) is 25.1 Å². The zero-order valence-corrected chi connectivity index (χ0v) is 34.6. The van der Waals surface area contributed by atoms with Crippen LogP contribution in [-0.2, 0) is 29.2 Å². The van der Waals surface area contributed by atoms with Crippen LogP contribution in [0, 0.1) is 17.2 Å². The number of benzene rings is 3. The van der Waals surface area contributed by atoms with Crippen LogP contribution in [0.1, 0.15) is 46.5 Å². The van der Waals surface area contributed by atoms with Gasteiger partial charge in [0.25, 0.3) is 11.8 Å². The molecule has 3 aromatic carbocycles. The molecule has 16 heteroatoms. The molecule has 0 bridgehead atoms. The van der Waals surface area contributed by atoms with Gasteiger partial charge in [0.05, 0.1) is 30.1 Å².